The molecule has 0 saturated carbocycles. The van der Waals surface area contributed by atoms with Crippen LogP contribution in [0.5, 0.6) is 0 Å². The fraction of sp³-hybridized carbons (Fsp3) is 0.150. The molecule has 0 saturated heterocycles. The van der Waals surface area contributed by atoms with Crippen molar-refractivity contribution < 1.29 is 19.1 Å². The molecule has 0 aliphatic carbocycles. The molecule has 2 aromatic rings. The second-order valence-electron chi connectivity index (χ2n) is 5.34. The Bertz CT molecular complexity index is 825. The summed E-state index contributed by atoms with van der Waals surface area (Å²) in [4.78, 5) is 28.7. The Kier molecular flexibility index (Phi) is 5.04. The zero-order chi connectivity index (χ0) is 17.6. The maximum atomic E-state index is 12.4. The molecule has 1 aliphatic rings. The molecule has 0 N–H and O–H groups in total. The molecule has 5 heteroatoms. The minimum absolute atomic E-state index is 0.251. The summed E-state index contributed by atoms with van der Waals surface area (Å²) >= 11 is 0. The molecule has 1 atom stereocenters. The van der Waals surface area contributed by atoms with Crippen LogP contribution in [0, 0.1) is 0 Å². The van der Waals surface area contributed by atoms with Gasteiger partial charge in [-0.25, -0.2) is 14.6 Å². The first-order valence-corrected chi connectivity index (χ1v) is 7.97. The van der Waals surface area contributed by atoms with Crippen molar-refractivity contribution in [3.8, 4) is 0 Å². The Hall–Kier alpha value is -3.21. The first-order valence-electron chi connectivity index (χ1n) is 7.97. The van der Waals surface area contributed by atoms with Crippen LogP contribution < -0.4 is 0 Å². The van der Waals surface area contributed by atoms with Gasteiger partial charge in [-0.1, -0.05) is 48.5 Å². The lowest BCUT2D eigenvalue weighted by molar-refractivity contribution is -0.137. The third kappa shape index (κ3) is 3.83. The fourth-order valence-corrected chi connectivity index (χ4v) is 2.52. The predicted molar refractivity (Wildman–Crippen MR) is 93.9 cm³/mol. The molecule has 0 spiro atoms. The number of benzene rings is 2. The monoisotopic (exact) mass is 335 g/mol. The molecular formula is C20H17NO4. The zero-order valence-corrected chi connectivity index (χ0v) is 13.7. The summed E-state index contributed by atoms with van der Waals surface area (Å²) in [6, 6.07) is 17.4. The molecule has 126 valence electrons. The van der Waals surface area contributed by atoms with Crippen LogP contribution in [0.4, 0.5) is 0 Å². The number of hydrogen-bond acceptors (Lipinski definition) is 5. The number of cyclic esters (lactones) is 1. The van der Waals surface area contributed by atoms with Gasteiger partial charge in [0.15, 0.2) is 6.04 Å². The topological polar surface area (TPSA) is 65.0 Å². The molecule has 1 unspecified atom stereocenters. The Balaban J connectivity index is 2.00. The van der Waals surface area contributed by atoms with Crippen molar-refractivity contribution in [1.82, 2.24) is 0 Å². The molecule has 0 amide bonds. The molecule has 0 bridgehead atoms. The number of ether oxygens (including phenoxy) is 2. The van der Waals surface area contributed by atoms with E-state index in [1.165, 1.54) is 6.08 Å². The largest absolute Gasteiger partial charge is 0.463 e. The molecule has 1 aliphatic heterocycles. The average Bonchev–Trinajstić information content (AvgIpc) is 3.03. The highest BCUT2D eigenvalue weighted by Gasteiger charge is 2.34. The standard InChI is InChI=1S/C20H17NO4/c1-2-24-17(22)13-16(14-9-5-3-6-10-14)18-20(23)25-19(21-18)15-11-7-4-8-12-15/h3-13,18H,2H2,1H3/b16-13+. The molecular weight excluding hydrogens is 318 g/mol. The van der Waals surface area contributed by atoms with E-state index in [2.05, 4.69) is 4.99 Å². The van der Waals surface area contributed by atoms with Crippen LogP contribution in [0.25, 0.3) is 5.57 Å². The van der Waals surface area contributed by atoms with Crippen molar-refractivity contribution in [3.05, 3.63) is 77.9 Å². The van der Waals surface area contributed by atoms with Gasteiger partial charge in [0.25, 0.3) is 0 Å². The first kappa shape index (κ1) is 16.6. The number of nitrogens with zero attached hydrogens (tertiary/aromatic N) is 1. The first-order chi connectivity index (χ1) is 12.2. The van der Waals surface area contributed by atoms with E-state index < -0.39 is 18.0 Å². The van der Waals surface area contributed by atoms with Crippen molar-refractivity contribution in [2.24, 2.45) is 4.99 Å². The van der Waals surface area contributed by atoms with Gasteiger partial charge >= 0.3 is 11.9 Å². The maximum Gasteiger partial charge on any atom is 0.342 e. The van der Waals surface area contributed by atoms with Crippen molar-refractivity contribution >= 4 is 23.4 Å². The molecule has 3 rings (SSSR count). The number of carbonyl (C=O) groups is 2. The summed E-state index contributed by atoms with van der Waals surface area (Å²) in [5, 5.41) is 0. The van der Waals surface area contributed by atoms with E-state index in [4.69, 9.17) is 9.47 Å². The average molecular weight is 335 g/mol. The summed E-state index contributed by atoms with van der Waals surface area (Å²) in [6.07, 6.45) is 1.31. The van der Waals surface area contributed by atoms with Gasteiger partial charge in [0.2, 0.25) is 5.90 Å². The molecule has 0 aromatic heterocycles. The number of rotatable bonds is 5. The minimum Gasteiger partial charge on any atom is -0.463 e. The normalized spacial score (nSPS) is 17.0. The molecule has 0 fully saturated rings. The highest BCUT2D eigenvalue weighted by molar-refractivity contribution is 6.12. The van der Waals surface area contributed by atoms with Crippen LogP contribution in [0.1, 0.15) is 18.1 Å². The molecule has 0 radical (unpaired) electrons. The summed E-state index contributed by atoms with van der Waals surface area (Å²) in [6.45, 7) is 1.98. The third-order valence-corrected chi connectivity index (χ3v) is 3.65. The second-order valence-corrected chi connectivity index (χ2v) is 5.34. The van der Waals surface area contributed by atoms with Gasteiger partial charge in [-0.2, -0.15) is 0 Å². The smallest absolute Gasteiger partial charge is 0.342 e. The summed E-state index contributed by atoms with van der Waals surface area (Å²) in [7, 11) is 0. The third-order valence-electron chi connectivity index (χ3n) is 3.65. The van der Waals surface area contributed by atoms with Crippen molar-refractivity contribution in [1.29, 1.82) is 0 Å². The summed E-state index contributed by atoms with van der Waals surface area (Å²) in [5.74, 6) is -0.781. The lowest BCUT2D eigenvalue weighted by Gasteiger charge is -2.10. The van der Waals surface area contributed by atoms with E-state index in [0.717, 1.165) is 5.56 Å². The van der Waals surface area contributed by atoms with Gasteiger partial charge in [-0.15, -0.1) is 0 Å². The Morgan fingerprint density at radius 2 is 1.76 bits per heavy atom. The lowest BCUT2D eigenvalue weighted by Crippen LogP contribution is -2.18. The Labute approximate surface area is 145 Å². The van der Waals surface area contributed by atoms with Gasteiger partial charge in [-0.3, -0.25) is 0 Å². The van der Waals surface area contributed by atoms with Crippen LogP contribution in [0.15, 0.2) is 71.7 Å². The number of carbonyl (C=O) groups excluding carboxylic acids is 2. The van der Waals surface area contributed by atoms with E-state index in [1.807, 2.05) is 60.7 Å². The van der Waals surface area contributed by atoms with Crippen LogP contribution >= 0.6 is 0 Å². The van der Waals surface area contributed by atoms with Gasteiger partial charge < -0.3 is 9.47 Å². The highest BCUT2D eigenvalue weighted by atomic mass is 16.6. The fourth-order valence-electron chi connectivity index (χ4n) is 2.52. The van der Waals surface area contributed by atoms with Crippen LogP contribution in [0.2, 0.25) is 0 Å². The lowest BCUT2D eigenvalue weighted by atomic mass is 9.98. The summed E-state index contributed by atoms with van der Waals surface area (Å²) < 4.78 is 10.3. The molecule has 1 heterocycles. The van der Waals surface area contributed by atoms with Crippen LogP contribution in [-0.4, -0.2) is 30.5 Å². The number of esters is 2. The van der Waals surface area contributed by atoms with E-state index in [0.29, 0.717) is 11.1 Å². The maximum absolute atomic E-state index is 12.4. The van der Waals surface area contributed by atoms with E-state index in [9.17, 15) is 9.59 Å². The molecule has 5 nitrogen and oxygen atoms in total. The zero-order valence-electron chi connectivity index (χ0n) is 13.7. The number of hydrogen-bond donors (Lipinski definition) is 0. The van der Waals surface area contributed by atoms with Crippen molar-refractivity contribution in [2.45, 2.75) is 13.0 Å². The van der Waals surface area contributed by atoms with E-state index in [1.54, 1.807) is 6.92 Å². The number of aliphatic imine (C=N–C) groups is 1. The van der Waals surface area contributed by atoms with E-state index >= 15 is 0 Å². The SMILES string of the molecule is CCOC(=O)/C=C(\c1ccccc1)C1N=C(c2ccccc2)OC1=O. The quantitative estimate of drug-likeness (QED) is 0.622. The van der Waals surface area contributed by atoms with Crippen LogP contribution in [0.3, 0.4) is 0 Å². The van der Waals surface area contributed by atoms with Crippen molar-refractivity contribution in [3.63, 3.8) is 0 Å². The van der Waals surface area contributed by atoms with Crippen molar-refractivity contribution in [2.75, 3.05) is 6.61 Å². The van der Waals surface area contributed by atoms with Gasteiger partial charge in [0, 0.05) is 17.2 Å². The Morgan fingerprint density at radius 3 is 2.40 bits per heavy atom. The highest BCUT2D eigenvalue weighted by Crippen LogP contribution is 2.26. The summed E-state index contributed by atoms with van der Waals surface area (Å²) in [5.41, 5.74) is 1.88. The Morgan fingerprint density at radius 1 is 1.12 bits per heavy atom. The molecule has 2 aromatic carbocycles. The minimum atomic E-state index is -0.901. The second kappa shape index (κ2) is 7.57. The predicted octanol–water partition coefficient (Wildman–Crippen LogP) is 3.01. The van der Waals surface area contributed by atoms with E-state index in [-0.39, 0.29) is 12.5 Å². The van der Waals surface area contributed by atoms with Gasteiger partial charge in [-0.05, 0) is 24.6 Å². The molecule has 25 heavy (non-hydrogen) atoms. The van der Waals surface area contributed by atoms with Gasteiger partial charge in [0.05, 0.1) is 6.61 Å². The van der Waals surface area contributed by atoms with Crippen LogP contribution in [-0.2, 0) is 19.1 Å². The van der Waals surface area contributed by atoms with Gasteiger partial charge in [0.1, 0.15) is 0 Å².